The Morgan fingerprint density at radius 1 is 0.556 bits per heavy atom. The molecule has 0 saturated carbocycles. The number of amides is 1. The van der Waals surface area contributed by atoms with Crippen molar-refractivity contribution in [3.63, 3.8) is 0 Å². The molecular formula is C53H68ClIN8O9. The lowest BCUT2D eigenvalue weighted by Gasteiger charge is -2.26. The van der Waals surface area contributed by atoms with Crippen LogP contribution in [-0.4, -0.2) is 98.8 Å². The number of rotatable bonds is 13. The smallest absolute Gasteiger partial charge is 0.307 e. The van der Waals surface area contributed by atoms with Crippen LogP contribution >= 0.6 is 11.6 Å². The van der Waals surface area contributed by atoms with Gasteiger partial charge >= 0.3 is 5.97 Å². The number of aryl methyl sites for hydroxylation is 1. The molecule has 72 heavy (non-hydrogen) atoms. The standard InChI is InChI=1S/C13H16N2O3.C13H18N2O2.C13H20N2.C8H7NO4.C6H7ClN.HI/c16-13(14-8-2-1-3-9-14)10-11-4-6-12(7-5-11)15(17)18;16-15(17)13-6-4-12(5-7-13)8-11-14-9-2-1-3-10-14;14-13-6-4-12(5-7-13)8-11-15-9-2-1-3-10-15;10-8(11)5-6-1-3-7(4-2-6)9(12)13;1-8-5-3-2-4-6(8)7;/h4-7H,1-3,8-10H2;4-7H,1-3,8-11H2;4-7H,1-3,8-11,14H2;1-4H,5H2,(H,10,11);2-5H,1H3;1H/q;;;;+1;/p-1. The fraction of sp³-hybridized carbons (Fsp3) is 0.415. The predicted molar refractivity (Wildman–Crippen MR) is 276 cm³/mol. The molecule has 8 rings (SSSR count). The quantitative estimate of drug-likeness (QED) is 0.0324. The van der Waals surface area contributed by atoms with Crippen molar-refractivity contribution in [1.29, 1.82) is 0 Å². The maximum absolute atomic E-state index is 12.0. The highest BCUT2D eigenvalue weighted by Gasteiger charge is 2.17. The summed E-state index contributed by atoms with van der Waals surface area (Å²) in [5.74, 6) is -0.836. The monoisotopic (exact) mass is 1120 g/mol. The van der Waals surface area contributed by atoms with Crippen LogP contribution in [0.4, 0.5) is 22.7 Å². The number of pyridine rings is 1. The number of carboxylic acids is 1. The minimum absolute atomic E-state index is 0. The van der Waals surface area contributed by atoms with E-state index in [1.807, 2.05) is 65.2 Å². The summed E-state index contributed by atoms with van der Waals surface area (Å²) in [6, 6.07) is 32.5. The van der Waals surface area contributed by atoms with Crippen molar-refractivity contribution in [2.75, 3.05) is 58.1 Å². The molecule has 4 heterocycles. The highest BCUT2D eigenvalue weighted by Crippen LogP contribution is 2.17. The average molecular weight is 1120 g/mol. The van der Waals surface area contributed by atoms with Gasteiger partial charge in [0, 0.05) is 80.4 Å². The van der Waals surface area contributed by atoms with Gasteiger partial charge in [-0.25, -0.2) is 0 Å². The van der Waals surface area contributed by atoms with E-state index in [4.69, 9.17) is 22.4 Å². The summed E-state index contributed by atoms with van der Waals surface area (Å²) in [5.41, 5.74) is 10.7. The second kappa shape index (κ2) is 33.5. The van der Waals surface area contributed by atoms with Gasteiger partial charge in [0.15, 0.2) is 6.20 Å². The number of nitro groups is 3. The summed E-state index contributed by atoms with van der Waals surface area (Å²) < 4.78 is 1.85. The van der Waals surface area contributed by atoms with E-state index >= 15 is 0 Å². The molecule has 19 heteroatoms. The lowest BCUT2D eigenvalue weighted by atomic mass is 10.1. The summed E-state index contributed by atoms with van der Waals surface area (Å²) in [4.78, 5) is 59.1. The maximum Gasteiger partial charge on any atom is 0.307 e. The Morgan fingerprint density at radius 3 is 1.26 bits per heavy atom. The highest BCUT2D eigenvalue weighted by atomic mass is 127. The van der Waals surface area contributed by atoms with Crippen molar-refractivity contribution in [2.45, 2.75) is 83.5 Å². The van der Waals surface area contributed by atoms with Crippen LogP contribution in [-0.2, 0) is 42.3 Å². The van der Waals surface area contributed by atoms with Crippen LogP contribution in [0.3, 0.4) is 0 Å². The van der Waals surface area contributed by atoms with Crippen LogP contribution in [0.2, 0.25) is 5.15 Å². The van der Waals surface area contributed by atoms with Gasteiger partial charge in [-0.15, -0.1) is 0 Å². The highest BCUT2D eigenvalue weighted by molar-refractivity contribution is 6.28. The van der Waals surface area contributed by atoms with Gasteiger partial charge in [-0.1, -0.05) is 61.4 Å². The Morgan fingerprint density at radius 2 is 0.917 bits per heavy atom. The number of hydrogen-bond donors (Lipinski definition) is 2. The van der Waals surface area contributed by atoms with Crippen LogP contribution in [0.1, 0.15) is 80.0 Å². The number of carbonyl (C=O) groups excluding carboxylic acids is 1. The summed E-state index contributed by atoms with van der Waals surface area (Å²) in [5, 5.41) is 40.4. The molecule has 388 valence electrons. The first-order valence-corrected chi connectivity index (χ1v) is 24.6. The Kier molecular flexibility index (Phi) is 28.0. The number of likely N-dealkylation sites (tertiary alicyclic amines) is 3. The molecular weight excluding hydrogens is 1050 g/mol. The number of non-ortho nitro benzene ring substituents is 3. The van der Waals surface area contributed by atoms with E-state index in [1.54, 1.807) is 24.3 Å². The topological polar surface area (TPSA) is 223 Å². The van der Waals surface area contributed by atoms with Gasteiger partial charge in [0.25, 0.3) is 22.2 Å². The van der Waals surface area contributed by atoms with Crippen LogP contribution in [0.15, 0.2) is 121 Å². The number of nitro benzene ring substituents is 3. The second-order valence-corrected chi connectivity index (χ2v) is 18.0. The molecule has 3 saturated heterocycles. The predicted octanol–water partition coefficient (Wildman–Crippen LogP) is 6.46. The van der Waals surface area contributed by atoms with Crippen LogP contribution in [0, 0.1) is 30.3 Å². The third-order valence-corrected chi connectivity index (χ3v) is 12.6. The SMILES string of the molecule is C[n+]1ccccc1Cl.Nc1ccc(CCN2CCCCC2)cc1.O=C(Cc1ccc([N+](=O)[O-])cc1)N1CCCCC1.O=C(O)Cc1ccc([N+](=O)[O-])cc1.O=[N+]([O-])c1ccc(CCN2CCCCC2)cc1.[I-]. The summed E-state index contributed by atoms with van der Waals surface area (Å²) in [6.45, 7) is 8.92. The molecule has 0 atom stereocenters. The second-order valence-electron chi connectivity index (χ2n) is 17.6. The molecule has 0 spiro atoms. The fourth-order valence-corrected chi connectivity index (χ4v) is 8.12. The van der Waals surface area contributed by atoms with Gasteiger partial charge in [-0.2, -0.15) is 4.57 Å². The van der Waals surface area contributed by atoms with E-state index in [0.717, 1.165) is 61.7 Å². The number of aromatic nitrogens is 1. The summed E-state index contributed by atoms with van der Waals surface area (Å²) >= 11 is 5.67. The molecule has 3 aliphatic rings. The number of halogens is 2. The fourth-order valence-electron chi connectivity index (χ4n) is 7.99. The van der Waals surface area contributed by atoms with Crippen molar-refractivity contribution in [3.05, 3.63) is 179 Å². The Balaban J connectivity index is 0.000000241. The number of nitrogens with zero attached hydrogens (tertiary/aromatic N) is 7. The molecule has 3 fully saturated rings. The molecule has 0 aliphatic carbocycles. The molecule has 1 aromatic heterocycles. The molecule has 0 radical (unpaired) electrons. The number of aliphatic carboxylic acids is 1. The summed E-state index contributed by atoms with van der Waals surface area (Å²) in [6.07, 6.45) is 15.7. The van der Waals surface area contributed by atoms with E-state index in [0.29, 0.717) is 12.0 Å². The number of nitrogen functional groups attached to an aromatic ring is 1. The van der Waals surface area contributed by atoms with Gasteiger partial charge in [0.05, 0.1) is 27.6 Å². The van der Waals surface area contributed by atoms with Crippen LogP contribution < -0.4 is 34.3 Å². The van der Waals surface area contributed by atoms with Crippen LogP contribution in [0.25, 0.3) is 0 Å². The average Bonchev–Trinajstić information content (AvgIpc) is 3.38. The number of anilines is 1. The number of nitrogens with two attached hydrogens (primary N) is 1. The minimum atomic E-state index is -0.950. The zero-order valence-electron chi connectivity index (χ0n) is 41.1. The summed E-state index contributed by atoms with van der Waals surface area (Å²) in [7, 11) is 1.91. The number of piperidine rings is 3. The van der Waals surface area contributed by atoms with Crippen molar-refractivity contribution < 1.29 is 58.0 Å². The van der Waals surface area contributed by atoms with Crippen molar-refractivity contribution in [1.82, 2.24) is 14.7 Å². The van der Waals surface area contributed by atoms with Crippen molar-refractivity contribution in [2.24, 2.45) is 7.05 Å². The van der Waals surface area contributed by atoms with E-state index in [1.165, 1.54) is 125 Å². The minimum Gasteiger partial charge on any atom is -1.00 e. The zero-order valence-corrected chi connectivity index (χ0v) is 44.0. The molecule has 17 nitrogen and oxygen atoms in total. The first kappa shape index (κ1) is 60.2. The number of hydrogen-bond acceptors (Lipinski definition) is 11. The Labute approximate surface area is 444 Å². The lowest BCUT2D eigenvalue weighted by molar-refractivity contribution is -0.669. The largest absolute Gasteiger partial charge is 1.00 e. The molecule has 0 bridgehead atoms. The van der Waals surface area contributed by atoms with Gasteiger partial charge in [-0.3, -0.25) is 39.9 Å². The van der Waals surface area contributed by atoms with Gasteiger partial charge < -0.3 is 49.5 Å². The normalized spacial score (nSPS) is 14.3. The van der Waals surface area contributed by atoms with Crippen molar-refractivity contribution in [3.8, 4) is 0 Å². The van der Waals surface area contributed by atoms with E-state index in [-0.39, 0.29) is 58.3 Å². The van der Waals surface area contributed by atoms with Gasteiger partial charge in [0.1, 0.15) is 7.05 Å². The maximum atomic E-state index is 12.0. The molecule has 1 amide bonds. The van der Waals surface area contributed by atoms with Crippen LogP contribution in [0.5, 0.6) is 0 Å². The van der Waals surface area contributed by atoms with Crippen molar-refractivity contribution >= 4 is 46.2 Å². The Bertz CT molecular complexity index is 2380. The van der Waals surface area contributed by atoms with E-state index in [9.17, 15) is 39.9 Å². The van der Waals surface area contributed by atoms with Gasteiger partial charge in [-0.05, 0) is 136 Å². The third-order valence-electron chi connectivity index (χ3n) is 12.2. The third kappa shape index (κ3) is 23.9. The molecule has 3 N–H and O–H groups in total. The van der Waals surface area contributed by atoms with E-state index < -0.39 is 15.8 Å². The first-order chi connectivity index (χ1) is 34.2. The number of carbonyl (C=O) groups is 2. The van der Waals surface area contributed by atoms with E-state index in [2.05, 4.69) is 21.9 Å². The number of carboxylic acid groups (broad SMARTS) is 1. The molecule has 0 unspecified atom stereocenters. The van der Waals surface area contributed by atoms with Gasteiger partial charge in [0.2, 0.25) is 5.91 Å². The molecule has 4 aromatic carbocycles. The number of benzene rings is 4. The zero-order chi connectivity index (χ0) is 51.4. The first-order valence-electron chi connectivity index (χ1n) is 24.3. The Hall–Kier alpha value is -6.09. The lowest BCUT2D eigenvalue weighted by Crippen LogP contribution is -3.00. The molecule has 5 aromatic rings. The molecule has 3 aliphatic heterocycles.